The van der Waals surface area contributed by atoms with Crippen molar-refractivity contribution in [1.82, 2.24) is 9.62 Å². The van der Waals surface area contributed by atoms with E-state index in [1.807, 2.05) is 18.2 Å². The van der Waals surface area contributed by atoms with Crippen LogP contribution in [0.2, 0.25) is 0 Å². The lowest BCUT2D eigenvalue weighted by Gasteiger charge is -2.33. The van der Waals surface area contributed by atoms with E-state index in [-0.39, 0.29) is 11.0 Å². The summed E-state index contributed by atoms with van der Waals surface area (Å²) in [5.74, 6) is 0.645. The molecular weight excluding hydrogens is 364 g/mol. The lowest BCUT2D eigenvalue weighted by atomic mass is 10.1. The predicted octanol–water partition coefficient (Wildman–Crippen LogP) is 2.36. The van der Waals surface area contributed by atoms with Gasteiger partial charge in [0.1, 0.15) is 5.75 Å². The van der Waals surface area contributed by atoms with E-state index in [1.165, 1.54) is 0 Å². The number of hydrogen-bond donors (Lipinski definition) is 1. The van der Waals surface area contributed by atoms with Gasteiger partial charge in [0.15, 0.2) is 0 Å². The molecule has 0 spiro atoms. The van der Waals surface area contributed by atoms with Crippen molar-refractivity contribution in [3.05, 3.63) is 59.7 Å². The Labute approximate surface area is 161 Å². The fourth-order valence-corrected chi connectivity index (χ4v) is 4.49. The van der Waals surface area contributed by atoms with E-state index in [0.717, 1.165) is 18.7 Å². The second kappa shape index (κ2) is 8.84. The Hall–Kier alpha value is -1.93. The number of morpholine rings is 1. The average Bonchev–Trinajstić information content (AvgIpc) is 2.68. The number of ether oxygens (including phenoxy) is 2. The topological polar surface area (TPSA) is 67.9 Å². The summed E-state index contributed by atoms with van der Waals surface area (Å²) >= 11 is 0. The maximum absolute atomic E-state index is 12.6. The predicted molar refractivity (Wildman–Crippen MR) is 104 cm³/mol. The highest BCUT2D eigenvalue weighted by Crippen LogP contribution is 2.22. The van der Waals surface area contributed by atoms with E-state index >= 15 is 0 Å². The second-order valence-corrected chi connectivity index (χ2v) is 8.34. The SMILES string of the molecule is COc1ccc(S(=O)(=O)NCCN2CCO[C@H](c3ccccc3)C2)c(C)c1. The molecule has 1 saturated heterocycles. The van der Waals surface area contributed by atoms with Crippen LogP contribution in [0.5, 0.6) is 5.75 Å². The van der Waals surface area contributed by atoms with Gasteiger partial charge in [0.05, 0.1) is 24.7 Å². The maximum Gasteiger partial charge on any atom is 0.240 e. The number of aryl methyl sites for hydroxylation is 1. The second-order valence-electron chi connectivity index (χ2n) is 6.60. The third-order valence-electron chi connectivity index (χ3n) is 4.71. The van der Waals surface area contributed by atoms with Gasteiger partial charge in [0.2, 0.25) is 10.0 Å². The van der Waals surface area contributed by atoms with Crippen molar-refractivity contribution in [3.8, 4) is 5.75 Å². The molecule has 2 aromatic rings. The summed E-state index contributed by atoms with van der Waals surface area (Å²) in [6.07, 6.45) is 0.0281. The number of nitrogens with zero attached hydrogens (tertiary/aromatic N) is 1. The van der Waals surface area contributed by atoms with E-state index in [1.54, 1.807) is 32.2 Å². The molecule has 0 radical (unpaired) electrons. The third kappa shape index (κ3) is 5.07. The molecule has 1 atom stereocenters. The van der Waals surface area contributed by atoms with E-state index < -0.39 is 10.0 Å². The summed E-state index contributed by atoms with van der Waals surface area (Å²) in [5, 5.41) is 0. The van der Waals surface area contributed by atoms with Crippen molar-refractivity contribution in [2.24, 2.45) is 0 Å². The molecule has 0 bridgehead atoms. The first kappa shape index (κ1) is 19.8. The van der Waals surface area contributed by atoms with Crippen LogP contribution < -0.4 is 9.46 Å². The van der Waals surface area contributed by atoms with Crippen molar-refractivity contribution < 1.29 is 17.9 Å². The number of methoxy groups -OCH3 is 1. The molecule has 0 aromatic heterocycles. The molecular formula is C20H26N2O4S. The lowest BCUT2D eigenvalue weighted by molar-refractivity contribution is -0.0291. The summed E-state index contributed by atoms with van der Waals surface area (Å²) in [6, 6.07) is 15.1. The van der Waals surface area contributed by atoms with Gasteiger partial charge in [-0.1, -0.05) is 30.3 Å². The fraction of sp³-hybridized carbons (Fsp3) is 0.400. The van der Waals surface area contributed by atoms with Gasteiger partial charge in [-0.25, -0.2) is 13.1 Å². The van der Waals surface area contributed by atoms with Gasteiger partial charge in [-0.3, -0.25) is 4.90 Å². The van der Waals surface area contributed by atoms with Crippen molar-refractivity contribution in [3.63, 3.8) is 0 Å². The zero-order chi connectivity index (χ0) is 19.3. The van der Waals surface area contributed by atoms with E-state index in [2.05, 4.69) is 21.8 Å². The first-order valence-electron chi connectivity index (χ1n) is 9.03. The minimum absolute atomic E-state index is 0.0281. The largest absolute Gasteiger partial charge is 0.497 e. The summed E-state index contributed by atoms with van der Waals surface area (Å²) in [4.78, 5) is 2.51. The Balaban J connectivity index is 1.56. The summed E-state index contributed by atoms with van der Waals surface area (Å²) in [6.45, 7) is 4.96. The molecule has 1 heterocycles. The van der Waals surface area contributed by atoms with Crippen molar-refractivity contribution in [1.29, 1.82) is 0 Å². The van der Waals surface area contributed by atoms with Crippen molar-refractivity contribution in [2.75, 3.05) is 39.9 Å². The molecule has 0 unspecified atom stereocenters. The first-order valence-corrected chi connectivity index (χ1v) is 10.5. The monoisotopic (exact) mass is 390 g/mol. The molecule has 3 rings (SSSR count). The van der Waals surface area contributed by atoms with Gasteiger partial charge in [-0.05, 0) is 36.2 Å². The van der Waals surface area contributed by atoms with Gasteiger partial charge in [0, 0.05) is 26.2 Å². The van der Waals surface area contributed by atoms with Crippen molar-refractivity contribution in [2.45, 2.75) is 17.9 Å². The average molecular weight is 391 g/mol. The zero-order valence-corrected chi connectivity index (χ0v) is 16.5. The van der Waals surface area contributed by atoms with Gasteiger partial charge >= 0.3 is 0 Å². The quantitative estimate of drug-likeness (QED) is 0.786. The van der Waals surface area contributed by atoms with Crippen LogP contribution >= 0.6 is 0 Å². The smallest absolute Gasteiger partial charge is 0.240 e. The summed E-state index contributed by atoms with van der Waals surface area (Å²) in [7, 11) is -1.98. The lowest BCUT2D eigenvalue weighted by Crippen LogP contribution is -2.42. The first-order chi connectivity index (χ1) is 13.0. The minimum Gasteiger partial charge on any atom is -0.497 e. The number of rotatable bonds is 7. The summed E-state index contributed by atoms with van der Waals surface area (Å²) in [5.41, 5.74) is 1.81. The van der Waals surface area contributed by atoms with Crippen LogP contribution in [0.1, 0.15) is 17.2 Å². The van der Waals surface area contributed by atoms with Crippen LogP contribution in [0, 0.1) is 6.92 Å². The molecule has 146 valence electrons. The number of hydrogen-bond acceptors (Lipinski definition) is 5. The molecule has 0 aliphatic carbocycles. The van der Waals surface area contributed by atoms with Crippen LogP contribution in [0.3, 0.4) is 0 Å². The molecule has 1 fully saturated rings. The normalized spacial score (nSPS) is 18.4. The van der Waals surface area contributed by atoms with Crippen LogP contribution in [0.15, 0.2) is 53.4 Å². The minimum atomic E-state index is -3.55. The van der Waals surface area contributed by atoms with Gasteiger partial charge in [0.25, 0.3) is 0 Å². The molecule has 27 heavy (non-hydrogen) atoms. The molecule has 1 N–H and O–H groups in total. The van der Waals surface area contributed by atoms with Gasteiger partial charge in [-0.15, -0.1) is 0 Å². The van der Waals surface area contributed by atoms with Crippen LogP contribution in [0.4, 0.5) is 0 Å². The highest BCUT2D eigenvalue weighted by molar-refractivity contribution is 7.89. The van der Waals surface area contributed by atoms with Crippen LogP contribution in [-0.2, 0) is 14.8 Å². The summed E-state index contributed by atoms with van der Waals surface area (Å²) < 4.78 is 38.9. The van der Waals surface area contributed by atoms with Crippen molar-refractivity contribution >= 4 is 10.0 Å². The Morgan fingerprint density at radius 3 is 2.70 bits per heavy atom. The number of nitrogens with one attached hydrogen (secondary N) is 1. The standard InChI is InChI=1S/C20H26N2O4S/c1-16-14-18(25-2)8-9-20(16)27(23,24)21-10-11-22-12-13-26-19(15-22)17-6-4-3-5-7-17/h3-9,14,19,21H,10-13,15H2,1-2H3/t19-/m0/s1. The molecule has 1 aliphatic rings. The molecule has 6 nitrogen and oxygen atoms in total. The van der Waals surface area contributed by atoms with E-state index in [4.69, 9.17) is 9.47 Å². The molecule has 0 saturated carbocycles. The number of sulfonamides is 1. The van der Waals surface area contributed by atoms with E-state index in [9.17, 15) is 8.42 Å². The number of benzene rings is 2. The van der Waals surface area contributed by atoms with E-state index in [0.29, 0.717) is 31.0 Å². The van der Waals surface area contributed by atoms with Crippen LogP contribution in [0.25, 0.3) is 0 Å². The van der Waals surface area contributed by atoms with Gasteiger partial charge < -0.3 is 9.47 Å². The molecule has 0 amide bonds. The highest BCUT2D eigenvalue weighted by Gasteiger charge is 2.22. The molecule has 2 aromatic carbocycles. The Morgan fingerprint density at radius 1 is 1.22 bits per heavy atom. The zero-order valence-electron chi connectivity index (χ0n) is 15.7. The van der Waals surface area contributed by atoms with Gasteiger partial charge in [-0.2, -0.15) is 0 Å². The Kier molecular flexibility index (Phi) is 6.49. The Morgan fingerprint density at radius 2 is 2.00 bits per heavy atom. The van der Waals surface area contributed by atoms with Crippen LogP contribution in [-0.4, -0.2) is 53.2 Å². The fourth-order valence-electron chi connectivity index (χ4n) is 3.24. The highest BCUT2D eigenvalue weighted by atomic mass is 32.2. The third-order valence-corrected chi connectivity index (χ3v) is 6.33. The molecule has 1 aliphatic heterocycles. The molecule has 7 heteroatoms. The maximum atomic E-state index is 12.6. The Bertz CT molecular complexity index is 856.